The molecule has 1 amide bonds. The third-order valence-corrected chi connectivity index (χ3v) is 4.32. The topological polar surface area (TPSA) is 70.6 Å². The number of carbonyl (C=O) groups excluding carboxylic acids is 1. The van der Waals surface area contributed by atoms with Gasteiger partial charge in [0, 0.05) is 50.3 Å². The number of hydrogen-bond acceptors (Lipinski definition) is 6. The average Bonchev–Trinajstić information content (AvgIpc) is 2.68. The fraction of sp³-hybridized carbons (Fsp3) is 0.421. The predicted octanol–water partition coefficient (Wildman–Crippen LogP) is 1.95. The van der Waals surface area contributed by atoms with Gasteiger partial charge in [-0.25, -0.2) is 9.97 Å². The van der Waals surface area contributed by atoms with Crippen molar-refractivity contribution in [2.75, 3.05) is 43.1 Å². The molecule has 0 spiro atoms. The molecule has 2 aromatic rings. The standard InChI is InChI=1S/C19H25N5O2/c1-14(2)22-18(25)15-12-20-19(21-13-15)24-10-8-23(9-11-24)16-4-6-17(26-3)7-5-16/h4-7,12-14H,8-11H2,1-3H3,(H,22,25). The van der Waals surface area contributed by atoms with E-state index in [2.05, 4.69) is 37.2 Å². The maximum atomic E-state index is 12.0. The highest BCUT2D eigenvalue weighted by Crippen LogP contribution is 2.21. The average molecular weight is 355 g/mol. The Labute approximate surface area is 154 Å². The summed E-state index contributed by atoms with van der Waals surface area (Å²) in [5.74, 6) is 1.39. The summed E-state index contributed by atoms with van der Waals surface area (Å²) in [7, 11) is 1.67. The second-order valence-corrected chi connectivity index (χ2v) is 6.57. The lowest BCUT2D eigenvalue weighted by molar-refractivity contribution is 0.0942. The number of nitrogens with one attached hydrogen (secondary N) is 1. The molecule has 1 N–H and O–H groups in total. The van der Waals surface area contributed by atoms with E-state index in [1.54, 1.807) is 19.5 Å². The minimum absolute atomic E-state index is 0.0909. The predicted molar refractivity (Wildman–Crippen MR) is 102 cm³/mol. The van der Waals surface area contributed by atoms with E-state index in [1.807, 2.05) is 26.0 Å². The summed E-state index contributed by atoms with van der Waals surface area (Å²) in [6, 6.07) is 8.20. The van der Waals surface area contributed by atoms with Crippen LogP contribution >= 0.6 is 0 Å². The SMILES string of the molecule is COc1ccc(N2CCN(c3ncc(C(=O)NC(C)C)cn3)CC2)cc1. The second kappa shape index (κ2) is 8.03. The summed E-state index contributed by atoms with van der Waals surface area (Å²) in [6.07, 6.45) is 3.19. The number of hydrogen-bond donors (Lipinski definition) is 1. The molecule has 0 radical (unpaired) electrons. The summed E-state index contributed by atoms with van der Waals surface area (Å²) in [4.78, 5) is 25.2. The number of piperazine rings is 1. The van der Waals surface area contributed by atoms with Crippen LogP contribution in [-0.4, -0.2) is 55.2 Å². The molecule has 0 unspecified atom stereocenters. The molecule has 1 aromatic heterocycles. The molecular formula is C19H25N5O2. The molecule has 3 rings (SSSR count). The molecule has 1 fully saturated rings. The van der Waals surface area contributed by atoms with Gasteiger partial charge >= 0.3 is 0 Å². The van der Waals surface area contributed by atoms with Crippen LogP contribution in [0, 0.1) is 0 Å². The van der Waals surface area contributed by atoms with Crippen molar-refractivity contribution in [2.24, 2.45) is 0 Å². The van der Waals surface area contributed by atoms with Crippen LogP contribution in [0.3, 0.4) is 0 Å². The number of nitrogens with zero attached hydrogens (tertiary/aromatic N) is 4. The van der Waals surface area contributed by atoms with E-state index in [4.69, 9.17) is 4.74 Å². The van der Waals surface area contributed by atoms with Crippen molar-refractivity contribution < 1.29 is 9.53 Å². The minimum atomic E-state index is -0.143. The van der Waals surface area contributed by atoms with Gasteiger partial charge in [0.2, 0.25) is 5.95 Å². The second-order valence-electron chi connectivity index (χ2n) is 6.57. The van der Waals surface area contributed by atoms with Crippen LogP contribution in [0.15, 0.2) is 36.7 Å². The maximum absolute atomic E-state index is 12.0. The number of rotatable bonds is 5. The fourth-order valence-electron chi connectivity index (χ4n) is 2.90. The van der Waals surface area contributed by atoms with E-state index in [0.717, 1.165) is 31.9 Å². The Morgan fingerprint density at radius 3 is 2.15 bits per heavy atom. The van der Waals surface area contributed by atoms with Crippen molar-refractivity contribution in [2.45, 2.75) is 19.9 Å². The van der Waals surface area contributed by atoms with Crippen LogP contribution in [0.25, 0.3) is 0 Å². The lowest BCUT2D eigenvalue weighted by Crippen LogP contribution is -2.47. The van der Waals surface area contributed by atoms with Gasteiger partial charge in [-0.3, -0.25) is 4.79 Å². The van der Waals surface area contributed by atoms with Gasteiger partial charge < -0.3 is 19.9 Å². The molecule has 26 heavy (non-hydrogen) atoms. The van der Waals surface area contributed by atoms with E-state index in [0.29, 0.717) is 11.5 Å². The minimum Gasteiger partial charge on any atom is -0.497 e. The van der Waals surface area contributed by atoms with Crippen molar-refractivity contribution in [1.29, 1.82) is 0 Å². The molecule has 0 bridgehead atoms. The largest absolute Gasteiger partial charge is 0.497 e. The van der Waals surface area contributed by atoms with Crippen molar-refractivity contribution in [3.63, 3.8) is 0 Å². The molecular weight excluding hydrogens is 330 g/mol. The molecule has 0 atom stereocenters. The molecule has 0 saturated carbocycles. The van der Waals surface area contributed by atoms with Crippen LogP contribution < -0.4 is 19.9 Å². The molecule has 1 saturated heterocycles. The zero-order valence-corrected chi connectivity index (χ0v) is 15.5. The molecule has 1 aliphatic heterocycles. The van der Waals surface area contributed by atoms with E-state index in [9.17, 15) is 4.79 Å². The summed E-state index contributed by atoms with van der Waals surface area (Å²) in [5, 5.41) is 2.84. The van der Waals surface area contributed by atoms with Crippen LogP contribution in [0.2, 0.25) is 0 Å². The number of aromatic nitrogens is 2. The first kappa shape index (κ1) is 18.0. The number of ether oxygens (including phenoxy) is 1. The lowest BCUT2D eigenvalue weighted by Gasteiger charge is -2.36. The normalized spacial score (nSPS) is 14.5. The van der Waals surface area contributed by atoms with Gasteiger partial charge in [0.1, 0.15) is 5.75 Å². The van der Waals surface area contributed by atoms with Gasteiger partial charge in [-0.15, -0.1) is 0 Å². The third-order valence-electron chi connectivity index (χ3n) is 4.32. The van der Waals surface area contributed by atoms with Crippen molar-refractivity contribution in [3.8, 4) is 5.75 Å². The highest BCUT2D eigenvalue weighted by molar-refractivity contribution is 5.93. The Balaban J connectivity index is 1.58. The quantitative estimate of drug-likeness (QED) is 0.884. The van der Waals surface area contributed by atoms with Crippen LogP contribution in [0.5, 0.6) is 5.75 Å². The monoisotopic (exact) mass is 355 g/mol. The van der Waals surface area contributed by atoms with Crippen molar-refractivity contribution >= 4 is 17.5 Å². The highest BCUT2D eigenvalue weighted by atomic mass is 16.5. The Morgan fingerprint density at radius 1 is 1.04 bits per heavy atom. The molecule has 7 nitrogen and oxygen atoms in total. The number of benzene rings is 1. The lowest BCUT2D eigenvalue weighted by atomic mass is 10.2. The maximum Gasteiger partial charge on any atom is 0.254 e. The van der Waals surface area contributed by atoms with Crippen LogP contribution in [0.1, 0.15) is 24.2 Å². The number of anilines is 2. The Morgan fingerprint density at radius 2 is 1.62 bits per heavy atom. The summed E-state index contributed by atoms with van der Waals surface area (Å²) in [5.41, 5.74) is 1.67. The van der Waals surface area contributed by atoms with Gasteiger partial charge in [-0.05, 0) is 38.1 Å². The van der Waals surface area contributed by atoms with Gasteiger partial charge in [-0.2, -0.15) is 0 Å². The summed E-state index contributed by atoms with van der Waals surface area (Å²) < 4.78 is 5.21. The van der Waals surface area contributed by atoms with Crippen LogP contribution in [-0.2, 0) is 0 Å². The van der Waals surface area contributed by atoms with Crippen molar-refractivity contribution in [1.82, 2.24) is 15.3 Å². The molecule has 7 heteroatoms. The first-order valence-electron chi connectivity index (χ1n) is 8.83. The zero-order valence-electron chi connectivity index (χ0n) is 15.5. The van der Waals surface area contributed by atoms with E-state index < -0.39 is 0 Å². The van der Waals surface area contributed by atoms with Gasteiger partial charge in [0.25, 0.3) is 5.91 Å². The van der Waals surface area contributed by atoms with Gasteiger partial charge in [0.05, 0.1) is 12.7 Å². The third kappa shape index (κ3) is 4.22. The van der Waals surface area contributed by atoms with Gasteiger partial charge in [-0.1, -0.05) is 0 Å². The highest BCUT2D eigenvalue weighted by Gasteiger charge is 2.19. The smallest absolute Gasteiger partial charge is 0.254 e. The fourth-order valence-corrected chi connectivity index (χ4v) is 2.90. The van der Waals surface area contributed by atoms with Gasteiger partial charge in [0.15, 0.2) is 0 Å². The number of carbonyl (C=O) groups is 1. The Kier molecular flexibility index (Phi) is 5.55. The Bertz CT molecular complexity index is 723. The number of amides is 1. The molecule has 138 valence electrons. The zero-order chi connectivity index (χ0) is 18.5. The molecule has 1 aromatic carbocycles. The molecule has 2 heterocycles. The van der Waals surface area contributed by atoms with Crippen LogP contribution in [0.4, 0.5) is 11.6 Å². The summed E-state index contributed by atoms with van der Waals surface area (Å²) >= 11 is 0. The molecule has 1 aliphatic rings. The number of methoxy groups -OCH3 is 1. The van der Waals surface area contributed by atoms with E-state index >= 15 is 0 Å². The first-order chi connectivity index (χ1) is 12.6. The Hall–Kier alpha value is -2.83. The first-order valence-corrected chi connectivity index (χ1v) is 8.83. The van der Waals surface area contributed by atoms with E-state index in [1.165, 1.54) is 5.69 Å². The van der Waals surface area contributed by atoms with Crippen molar-refractivity contribution in [3.05, 3.63) is 42.2 Å². The molecule has 0 aliphatic carbocycles. The van der Waals surface area contributed by atoms with E-state index in [-0.39, 0.29) is 11.9 Å². The summed E-state index contributed by atoms with van der Waals surface area (Å²) in [6.45, 7) is 7.31.